The number of aromatic nitrogens is 1. The number of rotatable bonds is 3. The lowest BCUT2D eigenvalue weighted by molar-refractivity contribution is 1.33. The zero-order valence-electron chi connectivity index (χ0n) is 11.2. The van der Waals surface area contributed by atoms with Crippen LogP contribution in [-0.2, 0) is 0 Å². The molecule has 3 rings (SSSR count). The van der Waals surface area contributed by atoms with Gasteiger partial charge in [0, 0.05) is 11.6 Å². The number of hydrogen-bond donors (Lipinski definition) is 1. The first-order valence-electron chi connectivity index (χ1n) is 6.50. The molecule has 0 aliphatic heterocycles. The maximum atomic E-state index is 8.75. The van der Waals surface area contributed by atoms with E-state index in [1.807, 2.05) is 42.5 Å². The van der Waals surface area contributed by atoms with Crippen molar-refractivity contribution in [1.29, 1.82) is 5.26 Å². The van der Waals surface area contributed by atoms with Crippen molar-refractivity contribution in [3.8, 4) is 6.07 Å². The molecule has 0 spiro atoms. The van der Waals surface area contributed by atoms with Crippen molar-refractivity contribution in [3.05, 3.63) is 71.9 Å². The molecular formula is C17H12N4. The van der Waals surface area contributed by atoms with Gasteiger partial charge in [-0.1, -0.05) is 30.3 Å². The van der Waals surface area contributed by atoms with Gasteiger partial charge in [-0.15, -0.1) is 0 Å². The molecule has 4 heteroatoms. The second-order valence-electron chi connectivity index (χ2n) is 4.48. The molecule has 21 heavy (non-hydrogen) atoms. The molecule has 0 bridgehead atoms. The molecule has 0 amide bonds. The molecule has 1 aromatic heterocycles. The third-order valence-corrected chi connectivity index (χ3v) is 3.09. The highest BCUT2D eigenvalue weighted by molar-refractivity contribution is 5.91. The molecule has 100 valence electrons. The van der Waals surface area contributed by atoms with E-state index < -0.39 is 0 Å². The SMILES string of the molecule is N#Cc1ccc(/C=N/Nc2ccnc3ccccc23)cc1. The first kappa shape index (κ1) is 12.8. The highest BCUT2D eigenvalue weighted by Gasteiger charge is 1.99. The molecule has 1 heterocycles. The van der Waals surface area contributed by atoms with E-state index in [4.69, 9.17) is 5.26 Å². The zero-order valence-corrected chi connectivity index (χ0v) is 11.2. The molecule has 0 saturated heterocycles. The van der Waals surface area contributed by atoms with Crippen LogP contribution >= 0.6 is 0 Å². The molecular weight excluding hydrogens is 260 g/mol. The fraction of sp³-hybridized carbons (Fsp3) is 0. The highest BCUT2D eigenvalue weighted by atomic mass is 15.3. The van der Waals surface area contributed by atoms with Crippen LogP contribution in [0.5, 0.6) is 0 Å². The number of benzene rings is 2. The summed E-state index contributed by atoms with van der Waals surface area (Å²) < 4.78 is 0. The minimum absolute atomic E-state index is 0.639. The van der Waals surface area contributed by atoms with Crippen LogP contribution in [0.25, 0.3) is 10.9 Å². The van der Waals surface area contributed by atoms with Crippen molar-refractivity contribution < 1.29 is 0 Å². The van der Waals surface area contributed by atoms with Gasteiger partial charge in [0.2, 0.25) is 0 Å². The van der Waals surface area contributed by atoms with Crippen molar-refractivity contribution in [2.45, 2.75) is 0 Å². The number of anilines is 1. The first-order chi connectivity index (χ1) is 10.4. The first-order valence-corrected chi connectivity index (χ1v) is 6.50. The maximum Gasteiger partial charge on any atom is 0.0991 e. The molecule has 2 aromatic carbocycles. The molecule has 0 saturated carbocycles. The summed E-state index contributed by atoms with van der Waals surface area (Å²) in [6.07, 6.45) is 3.47. The second kappa shape index (κ2) is 5.85. The van der Waals surface area contributed by atoms with Crippen LogP contribution in [0, 0.1) is 11.3 Å². The Morgan fingerprint density at radius 1 is 1.05 bits per heavy atom. The number of hydrazone groups is 1. The Hall–Kier alpha value is -3.19. The van der Waals surface area contributed by atoms with E-state index in [-0.39, 0.29) is 0 Å². The number of nitriles is 1. The van der Waals surface area contributed by atoms with Crippen molar-refractivity contribution in [3.63, 3.8) is 0 Å². The lowest BCUT2D eigenvalue weighted by Crippen LogP contribution is -1.92. The summed E-state index contributed by atoms with van der Waals surface area (Å²) in [4.78, 5) is 4.30. The Morgan fingerprint density at radius 3 is 2.67 bits per heavy atom. The highest BCUT2D eigenvalue weighted by Crippen LogP contribution is 2.20. The van der Waals surface area contributed by atoms with Crippen LogP contribution in [-0.4, -0.2) is 11.2 Å². The molecule has 0 atom stereocenters. The third-order valence-electron chi connectivity index (χ3n) is 3.09. The molecule has 4 nitrogen and oxygen atoms in total. The smallest absolute Gasteiger partial charge is 0.0991 e. The Kier molecular flexibility index (Phi) is 3.57. The summed E-state index contributed by atoms with van der Waals surface area (Å²) in [6, 6.07) is 19.1. The fourth-order valence-electron chi connectivity index (χ4n) is 2.01. The van der Waals surface area contributed by atoms with Gasteiger partial charge in [-0.2, -0.15) is 10.4 Å². The normalized spacial score (nSPS) is 10.6. The van der Waals surface area contributed by atoms with Gasteiger partial charge in [0.15, 0.2) is 0 Å². The number of nitrogens with one attached hydrogen (secondary N) is 1. The van der Waals surface area contributed by atoms with Gasteiger partial charge in [0.05, 0.1) is 29.1 Å². The average molecular weight is 272 g/mol. The van der Waals surface area contributed by atoms with Gasteiger partial charge in [-0.3, -0.25) is 10.4 Å². The van der Waals surface area contributed by atoms with Crippen molar-refractivity contribution in [1.82, 2.24) is 4.98 Å². The third kappa shape index (κ3) is 2.88. The quantitative estimate of drug-likeness (QED) is 0.586. The Labute approximate surface area is 122 Å². The van der Waals surface area contributed by atoms with E-state index >= 15 is 0 Å². The minimum Gasteiger partial charge on any atom is -0.278 e. The number of para-hydroxylation sites is 1. The summed E-state index contributed by atoms with van der Waals surface area (Å²) in [6.45, 7) is 0. The molecule has 3 aromatic rings. The van der Waals surface area contributed by atoms with Crippen LogP contribution in [0.2, 0.25) is 0 Å². The standard InChI is InChI=1S/C17H12N4/c18-11-13-5-7-14(8-6-13)12-20-21-17-9-10-19-16-4-2-1-3-15(16)17/h1-10,12H,(H,19,21)/b20-12+. The summed E-state index contributed by atoms with van der Waals surface area (Å²) in [5, 5.41) is 14.0. The van der Waals surface area contributed by atoms with Crippen molar-refractivity contribution in [2.75, 3.05) is 5.43 Å². The van der Waals surface area contributed by atoms with Crippen LogP contribution in [0.4, 0.5) is 5.69 Å². The van der Waals surface area contributed by atoms with E-state index in [1.165, 1.54) is 0 Å². The molecule has 0 fully saturated rings. The number of nitrogens with zero attached hydrogens (tertiary/aromatic N) is 3. The Morgan fingerprint density at radius 2 is 1.86 bits per heavy atom. The summed E-state index contributed by atoms with van der Waals surface area (Å²) >= 11 is 0. The molecule has 1 N–H and O–H groups in total. The van der Waals surface area contributed by atoms with E-state index in [0.29, 0.717) is 5.56 Å². The number of pyridine rings is 1. The van der Waals surface area contributed by atoms with Gasteiger partial charge < -0.3 is 0 Å². The average Bonchev–Trinajstić information content (AvgIpc) is 2.56. The summed E-state index contributed by atoms with van der Waals surface area (Å²) in [5.41, 5.74) is 6.43. The van der Waals surface area contributed by atoms with Crippen LogP contribution in [0.15, 0.2) is 65.9 Å². The van der Waals surface area contributed by atoms with Crippen LogP contribution in [0.3, 0.4) is 0 Å². The van der Waals surface area contributed by atoms with Gasteiger partial charge in [-0.25, -0.2) is 0 Å². The van der Waals surface area contributed by atoms with Crippen LogP contribution < -0.4 is 5.43 Å². The van der Waals surface area contributed by atoms with Gasteiger partial charge in [-0.05, 0) is 29.8 Å². The second-order valence-corrected chi connectivity index (χ2v) is 4.48. The van der Waals surface area contributed by atoms with E-state index in [9.17, 15) is 0 Å². The van der Waals surface area contributed by atoms with E-state index in [2.05, 4.69) is 21.6 Å². The van der Waals surface area contributed by atoms with E-state index in [0.717, 1.165) is 22.2 Å². The predicted molar refractivity (Wildman–Crippen MR) is 84.1 cm³/mol. The topological polar surface area (TPSA) is 61.1 Å². The largest absolute Gasteiger partial charge is 0.278 e. The lowest BCUT2D eigenvalue weighted by atomic mass is 10.2. The van der Waals surface area contributed by atoms with Gasteiger partial charge >= 0.3 is 0 Å². The minimum atomic E-state index is 0.639. The summed E-state index contributed by atoms with van der Waals surface area (Å²) in [5.74, 6) is 0. The van der Waals surface area contributed by atoms with E-state index in [1.54, 1.807) is 24.5 Å². The molecule has 0 unspecified atom stereocenters. The van der Waals surface area contributed by atoms with Crippen molar-refractivity contribution >= 4 is 22.8 Å². The zero-order chi connectivity index (χ0) is 14.5. The van der Waals surface area contributed by atoms with Crippen LogP contribution in [0.1, 0.15) is 11.1 Å². The molecule has 0 aliphatic rings. The van der Waals surface area contributed by atoms with Gasteiger partial charge in [0.25, 0.3) is 0 Å². The van der Waals surface area contributed by atoms with Crippen molar-refractivity contribution in [2.24, 2.45) is 5.10 Å². The monoisotopic (exact) mass is 272 g/mol. The molecule has 0 aliphatic carbocycles. The fourth-order valence-corrected chi connectivity index (χ4v) is 2.01. The summed E-state index contributed by atoms with van der Waals surface area (Å²) in [7, 11) is 0. The lowest BCUT2D eigenvalue weighted by Gasteiger charge is -2.04. The Balaban J connectivity index is 1.79. The maximum absolute atomic E-state index is 8.75. The number of hydrogen-bond acceptors (Lipinski definition) is 4. The molecule has 0 radical (unpaired) electrons. The number of fused-ring (bicyclic) bond motifs is 1. The Bertz CT molecular complexity index is 824. The predicted octanol–water partition coefficient (Wildman–Crippen LogP) is 3.55. The van der Waals surface area contributed by atoms with Gasteiger partial charge in [0.1, 0.15) is 0 Å².